The van der Waals surface area contributed by atoms with E-state index in [0.717, 1.165) is 25.0 Å². The minimum absolute atomic E-state index is 0.955. The van der Waals surface area contributed by atoms with Gasteiger partial charge >= 0.3 is 0 Å². The highest BCUT2D eigenvalue weighted by Crippen LogP contribution is 2.19. The van der Waals surface area contributed by atoms with Crippen LogP contribution in [0.4, 0.5) is 0 Å². The van der Waals surface area contributed by atoms with Crippen LogP contribution in [0.3, 0.4) is 0 Å². The Morgan fingerprint density at radius 1 is 1.22 bits per heavy atom. The third-order valence-electron chi connectivity index (χ3n) is 3.08. The van der Waals surface area contributed by atoms with Gasteiger partial charge in [0.25, 0.3) is 0 Å². The van der Waals surface area contributed by atoms with Crippen molar-refractivity contribution in [2.75, 3.05) is 13.1 Å². The third-order valence-corrected chi connectivity index (χ3v) is 3.08. The molecule has 1 heterocycles. The first-order valence-electron chi connectivity index (χ1n) is 6.59. The molecular weight excluding hydrogens is 220 g/mol. The van der Waals surface area contributed by atoms with Gasteiger partial charge in [0.1, 0.15) is 0 Å². The first kappa shape index (κ1) is 12.8. The molecule has 0 saturated heterocycles. The van der Waals surface area contributed by atoms with Gasteiger partial charge in [0.2, 0.25) is 0 Å². The van der Waals surface area contributed by atoms with E-state index < -0.39 is 0 Å². The van der Waals surface area contributed by atoms with Crippen molar-refractivity contribution in [2.45, 2.75) is 20.3 Å². The zero-order valence-electron chi connectivity index (χ0n) is 11.1. The fourth-order valence-corrected chi connectivity index (χ4v) is 2.03. The van der Waals surface area contributed by atoms with Gasteiger partial charge in [-0.25, -0.2) is 0 Å². The van der Waals surface area contributed by atoms with E-state index in [1.165, 1.54) is 16.5 Å². The number of nitrogens with zero attached hydrogens (tertiary/aromatic N) is 1. The summed E-state index contributed by atoms with van der Waals surface area (Å²) in [5.41, 5.74) is 3.71. The molecule has 0 radical (unpaired) electrons. The molecule has 2 aromatic rings. The van der Waals surface area contributed by atoms with Crippen molar-refractivity contribution >= 4 is 17.0 Å². The van der Waals surface area contributed by atoms with E-state index in [-0.39, 0.29) is 0 Å². The summed E-state index contributed by atoms with van der Waals surface area (Å²) in [7, 11) is 0. The van der Waals surface area contributed by atoms with E-state index in [4.69, 9.17) is 0 Å². The lowest BCUT2D eigenvalue weighted by Gasteiger charge is -2.07. The van der Waals surface area contributed by atoms with Gasteiger partial charge in [-0.15, -0.1) is 0 Å². The minimum atomic E-state index is 0.955. The zero-order chi connectivity index (χ0) is 12.8. The first-order valence-corrected chi connectivity index (χ1v) is 6.59. The van der Waals surface area contributed by atoms with Crippen LogP contribution in [0.25, 0.3) is 17.0 Å². The van der Waals surface area contributed by atoms with E-state index in [1.807, 2.05) is 12.3 Å². The second-order valence-electron chi connectivity index (χ2n) is 4.36. The number of rotatable bonds is 5. The molecule has 1 aromatic carbocycles. The Morgan fingerprint density at radius 2 is 2.06 bits per heavy atom. The second kappa shape index (κ2) is 6.31. The predicted octanol–water partition coefficient (Wildman–Crippen LogP) is 3.64. The number of likely N-dealkylation sites (N-methyl/N-ethyl adjacent to an activating group) is 1. The van der Waals surface area contributed by atoms with Crippen LogP contribution in [0.15, 0.2) is 42.1 Å². The van der Waals surface area contributed by atoms with Crippen LogP contribution in [0.2, 0.25) is 0 Å². The van der Waals surface area contributed by atoms with Gasteiger partial charge in [-0.2, -0.15) is 0 Å². The lowest BCUT2D eigenvalue weighted by Crippen LogP contribution is -2.15. The highest BCUT2D eigenvalue weighted by molar-refractivity contribution is 5.87. The Labute approximate surface area is 109 Å². The Balaban J connectivity index is 2.37. The average molecular weight is 240 g/mol. The molecule has 2 rings (SSSR count). The Morgan fingerprint density at radius 3 is 2.83 bits per heavy atom. The van der Waals surface area contributed by atoms with Crippen LogP contribution in [0.5, 0.6) is 0 Å². The number of hydrogen-bond acceptors (Lipinski definition) is 2. The third kappa shape index (κ3) is 2.96. The van der Waals surface area contributed by atoms with E-state index in [9.17, 15) is 0 Å². The highest BCUT2D eigenvalue weighted by Gasteiger charge is 2.00. The number of fused-ring (bicyclic) bond motifs is 1. The van der Waals surface area contributed by atoms with Gasteiger partial charge in [0.15, 0.2) is 0 Å². The average Bonchev–Trinajstić information content (AvgIpc) is 2.43. The second-order valence-corrected chi connectivity index (χ2v) is 4.36. The fourth-order valence-electron chi connectivity index (χ4n) is 2.03. The molecule has 0 aliphatic carbocycles. The monoisotopic (exact) mass is 240 g/mol. The maximum Gasteiger partial charge on any atom is 0.0774 e. The Bertz CT molecular complexity index is 538. The molecule has 0 spiro atoms. The molecule has 94 valence electrons. The number of benzene rings is 1. The highest BCUT2D eigenvalue weighted by atomic mass is 14.8. The van der Waals surface area contributed by atoms with Gasteiger partial charge in [-0.3, -0.25) is 4.98 Å². The lowest BCUT2D eigenvalue weighted by atomic mass is 10.1. The number of pyridine rings is 1. The molecule has 0 aliphatic rings. The SMILES string of the molecule is CCNCC(=Cc1cccc2cccnc12)CC. The summed E-state index contributed by atoms with van der Waals surface area (Å²) in [6.07, 6.45) is 5.18. The first-order chi connectivity index (χ1) is 8.85. The largest absolute Gasteiger partial charge is 0.313 e. The molecular formula is C16H20N2. The van der Waals surface area contributed by atoms with E-state index in [2.05, 4.69) is 54.5 Å². The van der Waals surface area contributed by atoms with Crippen molar-refractivity contribution in [3.63, 3.8) is 0 Å². The fraction of sp³-hybridized carbons (Fsp3) is 0.312. The number of aromatic nitrogens is 1. The van der Waals surface area contributed by atoms with Crippen molar-refractivity contribution in [1.29, 1.82) is 0 Å². The van der Waals surface area contributed by atoms with Crippen molar-refractivity contribution in [2.24, 2.45) is 0 Å². The summed E-state index contributed by atoms with van der Waals surface area (Å²) in [6, 6.07) is 10.4. The summed E-state index contributed by atoms with van der Waals surface area (Å²) in [6.45, 7) is 6.29. The van der Waals surface area contributed by atoms with Crippen LogP contribution < -0.4 is 5.32 Å². The maximum absolute atomic E-state index is 4.48. The van der Waals surface area contributed by atoms with E-state index in [0.29, 0.717) is 0 Å². The molecule has 1 aromatic heterocycles. The molecule has 0 fully saturated rings. The number of hydrogen-bond donors (Lipinski definition) is 1. The number of para-hydroxylation sites is 1. The molecule has 2 heteroatoms. The van der Waals surface area contributed by atoms with Crippen molar-refractivity contribution in [3.8, 4) is 0 Å². The standard InChI is InChI=1S/C16H20N2/c1-3-13(12-17-4-2)11-15-8-5-7-14-9-6-10-18-16(14)15/h5-11,17H,3-4,12H2,1-2H3. The molecule has 2 nitrogen and oxygen atoms in total. The molecule has 0 saturated carbocycles. The molecule has 1 N–H and O–H groups in total. The van der Waals surface area contributed by atoms with E-state index in [1.54, 1.807) is 0 Å². The van der Waals surface area contributed by atoms with Crippen molar-refractivity contribution in [1.82, 2.24) is 10.3 Å². The zero-order valence-corrected chi connectivity index (χ0v) is 11.1. The summed E-state index contributed by atoms with van der Waals surface area (Å²) >= 11 is 0. The summed E-state index contributed by atoms with van der Waals surface area (Å²) < 4.78 is 0. The summed E-state index contributed by atoms with van der Waals surface area (Å²) in [4.78, 5) is 4.48. The van der Waals surface area contributed by atoms with Gasteiger partial charge in [0, 0.05) is 23.7 Å². The topological polar surface area (TPSA) is 24.9 Å². The number of nitrogens with one attached hydrogen (secondary N) is 1. The van der Waals surface area contributed by atoms with Crippen molar-refractivity contribution < 1.29 is 0 Å². The van der Waals surface area contributed by atoms with Crippen LogP contribution in [-0.4, -0.2) is 18.1 Å². The van der Waals surface area contributed by atoms with Crippen LogP contribution in [0, 0.1) is 0 Å². The van der Waals surface area contributed by atoms with Gasteiger partial charge in [-0.05, 0) is 19.0 Å². The van der Waals surface area contributed by atoms with Crippen LogP contribution >= 0.6 is 0 Å². The molecule has 0 aliphatic heterocycles. The van der Waals surface area contributed by atoms with Crippen LogP contribution in [0.1, 0.15) is 25.8 Å². The normalized spacial score (nSPS) is 12.0. The Hall–Kier alpha value is -1.67. The van der Waals surface area contributed by atoms with Gasteiger partial charge in [0.05, 0.1) is 5.52 Å². The summed E-state index contributed by atoms with van der Waals surface area (Å²) in [5, 5.41) is 4.58. The molecule has 0 atom stereocenters. The molecule has 0 amide bonds. The predicted molar refractivity (Wildman–Crippen MR) is 78.6 cm³/mol. The van der Waals surface area contributed by atoms with Crippen molar-refractivity contribution in [3.05, 3.63) is 47.7 Å². The van der Waals surface area contributed by atoms with Gasteiger partial charge < -0.3 is 5.32 Å². The maximum atomic E-state index is 4.48. The molecule has 0 unspecified atom stereocenters. The summed E-state index contributed by atoms with van der Waals surface area (Å²) in [5.74, 6) is 0. The van der Waals surface area contributed by atoms with Gasteiger partial charge in [-0.1, -0.05) is 49.8 Å². The smallest absolute Gasteiger partial charge is 0.0774 e. The van der Waals surface area contributed by atoms with Crippen LogP contribution in [-0.2, 0) is 0 Å². The Kier molecular flexibility index (Phi) is 4.48. The lowest BCUT2D eigenvalue weighted by molar-refractivity contribution is 0.762. The quantitative estimate of drug-likeness (QED) is 0.863. The minimum Gasteiger partial charge on any atom is -0.313 e. The molecule has 0 bridgehead atoms. The molecule has 18 heavy (non-hydrogen) atoms. The van der Waals surface area contributed by atoms with E-state index >= 15 is 0 Å².